The maximum atomic E-state index is 13.1. The van der Waals surface area contributed by atoms with Crippen LogP contribution in [0.3, 0.4) is 0 Å². The van der Waals surface area contributed by atoms with Crippen molar-refractivity contribution in [1.82, 2.24) is 25.4 Å². The average molecular weight is 295 g/mol. The van der Waals surface area contributed by atoms with E-state index in [1.54, 1.807) is 12.1 Å². The number of H-pyrrole nitrogens is 3. The first-order valence-corrected chi connectivity index (χ1v) is 6.60. The van der Waals surface area contributed by atoms with Gasteiger partial charge in [-0.1, -0.05) is 0 Å². The molecule has 2 aromatic heterocycles. The lowest BCUT2D eigenvalue weighted by Gasteiger charge is -2.00. The SMILES string of the molecule is O=c1[nH]nc(-c2ccc3[nH]nc(-c4ccc(F)cc4)c3c2)[nH]1. The molecule has 0 atom stereocenters. The van der Waals surface area contributed by atoms with Crippen molar-refractivity contribution in [3.05, 3.63) is 58.8 Å². The van der Waals surface area contributed by atoms with Gasteiger partial charge in [0.2, 0.25) is 0 Å². The van der Waals surface area contributed by atoms with E-state index in [-0.39, 0.29) is 11.5 Å². The van der Waals surface area contributed by atoms with Crippen LogP contribution in [-0.2, 0) is 0 Å². The van der Waals surface area contributed by atoms with E-state index in [2.05, 4.69) is 25.4 Å². The fourth-order valence-corrected chi connectivity index (χ4v) is 2.40. The summed E-state index contributed by atoms with van der Waals surface area (Å²) in [7, 11) is 0. The molecule has 2 aromatic carbocycles. The molecule has 3 N–H and O–H groups in total. The third kappa shape index (κ3) is 1.99. The van der Waals surface area contributed by atoms with Gasteiger partial charge in [-0.25, -0.2) is 14.3 Å². The van der Waals surface area contributed by atoms with Crippen molar-refractivity contribution < 1.29 is 4.39 Å². The van der Waals surface area contributed by atoms with Crippen LogP contribution >= 0.6 is 0 Å². The van der Waals surface area contributed by atoms with E-state index >= 15 is 0 Å². The molecule has 4 rings (SSSR count). The first-order chi connectivity index (χ1) is 10.7. The molecular formula is C15H10FN5O. The zero-order chi connectivity index (χ0) is 15.1. The van der Waals surface area contributed by atoms with Gasteiger partial charge in [-0.15, -0.1) is 0 Å². The van der Waals surface area contributed by atoms with Crippen molar-refractivity contribution in [2.45, 2.75) is 0 Å². The molecule has 22 heavy (non-hydrogen) atoms. The Kier molecular flexibility index (Phi) is 2.65. The summed E-state index contributed by atoms with van der Waals surface area (Å²) in [5.74, 6) is 0.163. The highest BCUT2D eigenvalue weighted by Gasteiger charge is 2.11. The second kappa shape index (κ2) is 4.66. The van der Waals surface area contributed by atoms with Crippen molar-refractivity contribution in [3.8, 4) is 22.6 Å². The lowest BCUT2D eigenvalue weighted by Crippen LogP contribution is -2.00. The topological polar surface area (TPSA) is 90.2 Å². The highest BCUT2D eigenvalue weighted by Crippen LogP contribution is 2.29. The highest BCUT2D eigenvalue weighted by atomic mass is 19.1. The maximum absolute atomic E-state index is 13.1. The molecule has 0 fully saturated rings. The summed E-state index contributed by atoms with van der Waals surface area (Å²) in [6, 6.07) is 11.7. The maximum Gasteiger partial charge on any atom is 0.340 e. The number of fused-ring (bicyclic) bond motifs is 1. The number of aromatic amines is 3. The summed E-state index contributed by atoms with van der Waals surface area (Å²) in [5, 5.41) is 14.4. The number of hydrogen-bond acceptors (Lipinski definition) is 3. The second-order valence-electron chi connectivity index (χ2n) is 4.87. The molecular weight excluding hydrogens is 285 g/mol. The Bertz CT molecular complexity index is 1010. The van der Waals surface area contributed by atoms with Gasteiger partial charge in [0.1, 0.15) is 5.82 Å². The minimum absolute atomic E-state index is 0.293. The third-order valence-corrected chi connectivity index (χ3v) is 3.46. The molecule has 7 heteroatoms. The minimum atomic E-state index is -0.360. The van der Waals surface area contributed by atoms with E-state index in [9.17, 15) is 9.18 Å². The first kappa shape index (κ1) is 12.5. The molecule has 0 aliphatic carbocycles. The van der Waals surface area contributed by atoms with Gasteiger partial charge in [0, 0.05) is 16.5 Å². The molecule has 6 nitrogen and oxygen atoms in total. The summed E-state index contributed by atoms with van der Waals surface area (Å²) in [4.78, 5) is 13.8. The fourth-order valence-electron chi connectivity index (χ4n) is 2.40. The van der Waals surface area contributed by atoms with Gasteiger partial charge in [-0.05, 0) is 42.5 Å². The number of aromatic nitrogens is 5. The molecule has 0 radical (unpaired) electrons. The van der Waals surface area contributed by atoms with Gasteiger partial charge in [-0.3, -0.25) is 10.1 Å². The van der Waals surface area contributed by atoms with Crippen LogP contribution in [0.15, 0.2) is 47.3 Å². The predicted molar refractivity (Wildman–Crippen MR) is 79.7 cm³/mol. The van der Waals surface area contributed by atoms with Crippen LogP contribution in [0.4, 0.5) is 4.39 Å². The van der Waals surface area contributed by atoms with Gasteiger partial charge in [-0.2, -0.15) is 10.2 Å². The molecule has 108 valence electrons. The summed E-state index contributed by atoms with van der Waals surface area (Å²) in [6.45, 7) is 0. The molecule has 0 saturated carbocycles. The molecule has 0 aliphatic rings. The van der Waals surface area contributed by atoms with Gasteiger partial charge in [0.05, 0.1) is 11.2 Å². The van der Waals surface area contributed by atoms with Crippen LogP contribution in [0.25, 0.3) is 33.5 Å². The Balaban J connectivity index is 1.89. The van der Waals surface area contributed by atoms with Crippen LogP contribution < -0.4 is 5.69 Å². The Labute approximate surface area is 123 Å². The number of benzene rings is 2. The lowest BCUT2D eigenvalue weighted by atomic mass is 10.1. The van der Waals surface area contributed by atoms with E-state index in [4.69, 9.17) is 0 Å². The summed E-state index contributed by atoms with van der Waals surface area (Å²) in [6.07, 6.45) is 0. The molecule has 0 spiro atoms. The quantitative estimate of drug-likeness (QED) is 0.530. The van der Waals surface area contributed by atoms with Crippen molar-refractivity contribution >= 4 is 10.9 Å². The number of nitrogens with zero attached hydrogens (tertiary/aromatic N) is 2. The third-order valence-electron chi connectivity index (χ3n) is 3.46. The standard InChI is InChI=1S/C15H10FN5O/c16-10-4-1-8(2-5-10)13-11-7-9(3-6-12(11)18-19-13)14-17-15(22)21-20-14/h1-7H,(H,18,19)(H2,17,20,21,22). The van der Waals surface area contributed by atoms with Crippen molar-refractivity contribution in [2.24, 2.45) is 0 Å². The van der Waals surface area contributed by atoms with Gasteiger partial charge in [0.25, 0.3) is 0 Å². The van der Waals surface area contributed by atoms with Gasteiger partial charge >= 0.3 is 5.69 Å². The Morgan fingerprint density at radius 1 is 0.909 bits per heavy atom. The number of halogens is 1. The van der Waals surface area contributed by atoms with E-state index < -0.39 is 0 Å². The van der Waals surface area contributed by atoms with E-state index in [1.807, 2.05) is 18.2 Å². The van der Waals surface area contributed by atoms with Crippen molar-refractivity contribution in [2.75, 3.05) is 0 Å². The van der Waals surface area contributed by atoms with Gasteiger partial charge < -0.3 is 0 Å². The number of nitrogens with one attached hydrogen (secondary N) is 3. The summed E-state index contributed by atoms with van der Waals surface area (Å²) >= 11 is 0. The van der Waals surface area contributed by atoms with Crippen molar-refractivity contribution in [3.63, 3.8) is 0 Å². The number of rotatable bonds is 2. The van der Waals surface area contributed by atoms with E-state index in [1.165, 1.54) is 12.1 Å². The number of hydrogen-bond donors (Lipinski definition) is 3. The smallest absolute Gasteiger partial charge is 0.289 e. The van der Waals surface area contributed by atoms with Crippen LogP contribution in [0.2, 0.25) is 0 Å². The summed E-state index contributed by atoms with van der Waals surface area (Å²) in [5.41, 5.74) is 2.77. The van der Waals surface area contributed by atoms with Crippen LogP contribution in [0.5, 0.6) is 0 Å². The zero-order valence-corrected chi connectivity index (χ0v) is 11.2. The van der Waals surface area contributed by atoms with Crippen LogP contribution in [-0.4, -0.2) is 25.4 Å². The monoisotopic (exact) mass is 295 g/mol. The molecule has 0 unspecified atom stereocenters. The second-order valence-corrected chi connectivity index (χ2v) is 4.87. The molecule has 4 aromatic rings. The van der Waals surface area contributed by atoms with Crippen LogP contribution in [0.1, 0.15) is 0 Å². The molecule has 0 aliphatic heterocycles. The normalized spacial score (nSPS) is 11.1. The Morgan fingerprint density at radius 3 is 2.41 bits per heavy atom. The molecule has 0 bridgehead atoms. The minimum Gasteiger partial charge on any atom is -0.289 e. The highest BCUT2D eigenvalue weighted by molar-refractivity contribution is 5.95. The molecule has 2 heterocycles. The summed E-state index contributed by atoms with van der Waals surface area (Å²) < 4.78 is 13.1. The largest absolute Gasteiger partial charge is 0.340 e. The zero-order valence-electron chi connectivity index (χ0n) is 11.2. The molecule has 0 amide bonds. The van der Waals surface area contributed by atoms with Crippen molar-refractivity contribution in [1.29, 1.82) is 0 Å². The van der Waals surface area contributed by atoms with Crippen LogP contribution in [0, 0.1) is 5.82 Å². The van der Waals surface area contributed by atoms with E-state index in [0.29, 0.717) is 5.82 Å². The Morgan fingerprint density at radius 2 is 1.68 bits per heavy atom. The molecule has 0 saturated heterocycles. The Hall–Kier alpha value is -3.22. The van der Waals surface area contributed by atoms with E-state index in [0.717, 1.165) is 27.7 Å². The lowest BCUT2D eigenvalue weighted by molar-refractivity contribution is 0.628. The van der Waals surface area contributed by atoms with Gasteiger partial charge in [0.15, 0.2) is 5.82 Å². The fraction of sp³-hybridized carbons (Fsp3) is 0. The predicted octanol–water partition coefficient (Wildman–Crippen LogP) is 2.45. The average Bonchev–Trinajstić information content (AvgIpc) is 3.14. The first-order valence-electron chi connectivity index (χ1n) is 6.60.